The first-order valence-electron chi connectivity index (χ1n) is 9.30. The summed E-state index contributed by atoms with van der Waals surface area (Å²) < 4.78 is 10.5. The van der Waals surface area contributed by atoms with Crippen molar-refractivity contribution < 1.29 is 19.2 Å². The van der Waals surface area contributed by atoms with Gasteiger partial charge < -0.3 is 15.0 Å². The third-order valence-electron chi connectivity index (χ3n) is 3.29. The fourth-order valence-corrected chi connectivity index (χ4v) is 2.89. The van der Waals surface area contributed by atoms with E-state index >= 15 is 0 Å². The third-order valence-corrected chi connectivity index (χ3v) is 4.78. The predicted molar refractivity (Wildman–Crippen MR) is 137 cm³/mol. The molecule has 0 fully saturated rings. The summed E-state index contributed by atoms with van der Waals surface area (Å²) in [7, 11) is 0. The second-order valence-corrected chi connectivity index (χ2v) is 8.22. The molecule has 11 heteroatoms. The number of thiocarbonyl (C=S) groups is 2. The molecule has 0 saturated carbocycles. The largest absolute Gasteiger partial charge is 0.617 e. The van der Waals surface area contributed by atoms with Crippen LogP contribution in [0.15, 0.2) is 40.3 Å². The normalized spacial score (nSPS) is 11.0. The number of isothiocyanates is 2. The highest BCUT2D eigenvalue weighted by Crippen LogP contribution is 1.98. The average Bonchev–Trinajstić information content (AvgIpc) is 2.73. The molecule has 0 aliphatic carbocycles. The zero-order chi connectivity index (χ0) is 23.9. The zero-order valence-electron chi connectivity index (χ0n) is 17.7. The maximum atomic E-state index is 10.5. The molecule has 1 amide bonds. The second kappa shape index (κ2) is 23.1. The van der Waals surface area contributed by atoms with Crippen molar-refractivity contribution in [2.24, 2.45) is 9.98 Å². The highest BCUT2D eigenvalue weighted by molar-refractivity contribution is 7.90. The van der Waals surface area contributed by atoms with Crippen molar-refractivity contribution in [1.82, 2.24) is 5.32 Å². The molecule has 0 aromatic heterocycles. The number of rotatable bonds is 11. The van der Waals surface area contributed by atoms with Gasteiger partial charge in [-0.1, -0.05) is 41.5 Å². The summed E-state index contributed by atoms with van der Waals surface area (Å²) in [5.74, 6) is -0.548. The minimum Gasteiger partial charge on any atom is -0.617 e. The van der Waals surface area contributed by atoms with Gasteiger partial charge in [-0.3, -0.25) is 4.79 Å². The van der Waals surface area contributed by atoms with Gasteiger partial charge in [0.25, 0.3) is 0 Å². The van der Waals surface area contributed by atoms with Crippen LogP contribution < -0.4 is 5.32 Å². The van der Waals surface area contributed by atoms with E-state index in [9.17, 15) is 14.1 Å². The number of hydrogen-bond acceptors (Lipinski definition) is 8. The van der Waals surface area contributed by atoms with Gasteiger partial charge in [0, 0.05) is 19.2 Å². The number of nitrogens with zero attached hydrogens (tertiary/aromatic N) is 2. The van der Waals surface area contributed by atoms with Gasteiger partial charge in [0.05, 0.1) is 23.1 Å². The van der Waals surface area contributed by atoms with Gasteiger partial charge in [0.15, 0.2) is 0 Å². The van der Waals surface area contributed by atoms with Gasteiger partial charge in [-0.15, -0.1) is 0 Å². The van der Waals surface area contributed by atoms with Gasteiger partial charge in [-0.05, 0) is 49.3 Å². The highest BCUT2D eigenvalue weighted by atomic mass is 32.2. The average molecular weight is 504 g/mol. The topological polar surface area (TPSA) is 114 Å². The van der Waals surface area contributed by atoms with Crippen LogP contribution in [0.3, 0.4) is 0 Å². The van der Waals surface area contributed by atoms with Crippen LogP contribution >= 0.6 is 37.1 Å². The smallest absolute Gasteiger partial charge is 0.327 e. The van der Waals surface area contributed by atoms with E-state index in [1.807, 2.05) is 18.2 Å². The van der Waals surface area contributed by atoms with Crippen molar-refractivity contribution in [2.45, 2.75) is 32.2 Å². The summed E-state index contributed by atoms with van der Waals surface area (Å²) in [4.78, 5) is 28.1. The molecule has 0 heterocycles. The molecule has 0 aliphatic heterocycles. The molecule has 2 atom stereocenters. The van der Waals surface area contributed by atoms with Gasteiger partial charge in [0.2, 0.25) is 5.91 Å². The fraction of sp³-hybridized carbons (Fsp3) is 0.500. The number of carbonyl (C=O) groups is 2. The van der Waals surface area contributed by atoms with Crippen LogP contribution in [0.5, 0.6) is 0 Å². The first kappa shape index (κ1) is 31.6. The number of unbranched alkanes of at least 4 members (excludes halogenated alkanes) is 1. The zero-order valence-corrected chi connectivity index (χ0v) is 21.0. The van der Waals surface area contributed by atoms with E-state index in [4.69, 9.17) is 5.11 Å². The lowest BCUT2D eigenvalue weighted by molar-refractivity contribution is -0.140. The minimum atomic E-state index is -1.06. The molecular formula is C20H29N3O4S4. The van der Waals surface area contributed by atoms with E-state index in [1.165, 1.54) is 12.5 Å². The predicted octanol–water partition coefficient (Wildman–Crippen LogP) is 3.09. The molecule has 1 aromatic carbocycles. The maximum absolute atomic E-state index is 10.5. The molecule has 0 aliphatic rings. The van der Waals surface area contributed by atoms with E-state index in [0.717, 1.165) is 38.1 Å². The number of thiol groups is 1. The Morgan fingerprint density at radius 3 is 2.19 bits per heavy atom. The van der Waals surface area contributed by atoms with Crippen LogP contribution in [-0.2, 0) is 27.2 Å². The number of nitrogens with one attached hydrogen (secondary N) is 1. The lowest BCUT2D eigenvalue weighted by Gasteiger charge is -2.08. The van der Waals surface area contributed by atoms with Gasteiger partial charge in [0.1, 0.15) is 11.8 Å². The van der Waals surface area contributed by atoms with E-state index in [-0.39, 0.29) is 11.7 Å². The molecule has 0 radical (unpaired) electrons. The Hall–Kier alpha value is -1.58. The summed E-state index contributed by atoms with van der Waals surface area (Å²) in [6.45, 7) is 2.73. The van der Waals surface area contributed by atoms with Gasteiger partial charge in [-0.2, -0.15) is 12.6 Å². The molecule has 0 spiro atoms. The van der Waals surface area contributed by atoms with Crippen LogP contribution in [-0.4, -0.2) is 68.8 Å². The molecule has 1 aromatic rings. The SMILES string of the molecule is CC(=O)N[C@@H](CS)C(=O)O.C[S+]([O-])CCCCN=C=S.S=C=NCCc1ccccc1. The molecule has 1 unspecified atom stereocenters. The standard InChI is InChI=1S/C9H9NS.C6H11NOS2.C5H9NO3S/c11-8-10-7-6-9-4-2-1-3-5-9;1-10(8)5-3-2-4-7-6-9;1-3(7)6-4(2-10)5(8)9/h1-5H,6-7H2;2-5H2,1H3;4,10H,2H2,1H3,(H,6,7)(H,8,9)/t;;4-/m..0/s1. The van der Waals surface area contributed by atoms with E-state index in [1.54, 1.807) is 6.26 Å². The molecule has 0 bridgehead atoms. The number of carboxylic acids is 1. The number of carboxylic acid groups (broad SMARTS) is 1. The number of carbonyl (C=O) groups excluding carboxylic acids is 1. The molecule has 172 valence electrons. The van der Waals surface area contributed by atoms with Gasteiger partial charge in [-0.25, -0.2) is 14.8 Å². The van der Waals surface area contributed by atoms with Crippen LogP contribution in [0, 0.1) is 0 Å². The van der Waals surface area contributed by atoms with Crippen LogP contribution in [0.2, 0.25) is 0 Å². The third kappa shape index (κ3) is 24.6. The fourth-order valence-electron chi connectivity index (χ4n) is 1.85. The summed E-state index contributed by atoms with van der Waals surface area (Å²) in [6, 6.07) is 9.34. The molecular weight excluding hydrogens is 475 g/mol. The van der Waals surface area contributed by atoms with E-state index in [2.05, 4.69) is 74.8 Å². The summed E-state index contributed by atoms with van der Waals surface area (Å²) in [6.07, 6.45) is 4.58. The monoisotopic (exact) mass is 503 g/mol. The number of amides is 1. The summed E-state index contributed by atoms with van der Waals surface area (Å²) in [5, 5.41) is 15.2. The Labute approximate surface area is 203 Å². The van der Waals surface area contributed by atoms with Crippen LogP contribution in [0.4, 0.5) is 0 Å². The highest BCUT2D eigenvalue weighted by Gasteiger charge is 2.15. The Morgan fingerprint density at radius 2 is 1.77 bits per heavy atom. The molecule has 2 N–H and O–H groups in total. The Balaban J connectivity index is 0. The first-order valence-corrected chi connectivity index (χ1v) is 12.5. The van der Waals surface area contributed by atoms with Crippen molar-refractivity contribution in [3.63, 3.8) is 0 Å². The first-order chi connectivity index (χ1) is 14.8. The summed E-state index contributed by atoms with van der Waals surface area (Å²) >= 11 is 11.9. The molecule has 7 nitrogen and oxygen atoms in total. The number of benzene rings is 1. The van der Waals surface area contributed by atoms with Crippen molar-refractivity contribution in [3.8, 4) is 0 Å². The van der Waals surface area contributed by atoms with Crippen molar-refractivity contribution in [3.05, 3.63) is 35.9 Å². The number of aliphatic carboxylic acids is 1. The maximum Gasteiger partial charge on any atom is 0.327 e. The quantitative estimate of drug-likeness (QED) is 0.141. The van der Waals surface area contributed by atoms with Gasteiger partial charge >= 0.3 is 5.97 Å². The summed E-state index contributed by atoms with van der Waals surface area (Å²) in [5.41, 5.74) is 1.29. The van der Waals surface area contributed by atoms with E-state index in [0.29, 0.717) is 0 Å². The van der Waals surface area contributed by atoms with Crippen molar-refractivity contribution >= 4 is 70.4 Å². The molecule has 0 saturated heterocycles. The lowest BCUT2D eigenvalue weighted by Crippen LogP contribution is -2.40. The van der Waals surface area contributed by atoms with Crippen LogP contribution in [0.25, 0.3) is 0 Å². The molecule has 1 rings (SSSR count). The van der Waals surface area contributed by atoms with Crippen LogP contribution in [0.1, 0.15) is 25.3 Å². The number of aliphatic imine (C=N–C) groups is 2. The second-order valence-electron chi connectivity index (χ2n) is 5.94. The Bertz CT molecular complexity index is 708. The Morgan fingerprint density at radius 1 is 1.19 bits per heavy atom. The minimum absolute atomic E-state index is 0.106. The van der Waals surface area contributed by atoms with Crippen molar-refractivity contribution in [1.29, 1.82) is 0 Å². The number of hydrogen-bond donors (Lipinski definition) is 3. The van der Waals surface area contributed by atoms with E-state index < -0.39 is 23.2 Å². The Kier molecular flexibility index (Phi) is 23.5. The molecule has 31 heavy (non-hydrogen) atoms. The lowest BCUT2D eigenvalue weighted by atomic mass is 10.2. The van der Waals surface area contributed by atoms with Crippen molar-refractivity contribution in [2.75, 3.05) is 30.9 Å².